The van der Waals surface area contributed by atoms with Crippen molar-refractivity contribution in [2.24, 2.45) is 28.6 Å². The van der Waals surface area contributed by atoms with Crippen LogP contribution in [0, 0.1) is 28.6 Å². The van der Waals surface area contributed by atoms with Gasteiger partial charge in [0.2, 0.25) is 0 Å². The molecule has 51 heavy (non-hydrogen) atoms. The van der Waals surface area contributed by atoms with E-state index in [1.54, 1.807) is 5.57 Å². The van der Waals surface area contributed by atoms with Crippen LogP contribution in [-0.4, -0.2) is 45.8 Å². The third-order valence-corrected chi connectivity index (χ3v) is 24.4. The number of carbonyl (C=O) groups is 1. The molecule has 4 aliphatic rings. The van der Waals surface area contributed by atoms with Gasteiger partial charge in [-0.05, 0) is 128 Å². The lowest BCUT2D eigenvalue weighted by molar-refractivity contribution is -0.127. The molecule has 0 aromatic heterocycles. The van der Waals surface area contributed by atoms with E-state index in [4.69, 9.17) is 15.4 Å². The number of ketones is 1. The molecule has 1 N–H and O–H groups in total. The number of fused-ring (bicyclic) bond motifs is 1. The lowest BCUT2D eigenvalue weighted by Crippen LogP contribution is -2.49. The van der Waals surface area contributed by atoms with Crippen molar-refractivity contribution < 1.29 is 18.8 Å². The third-order valence-electron chi connectivity index (χ3n) is 15.4. The van der Waals surface area contributed by atoms with Crippen LogP contribution in [0.1, 0.15) is 159 Å². The normalized spacial score (nSPS) is 31.5. The van der Waals surface area contributed by atoms with E-state index in [1.807, 2.05) is 0 Å². The first-order chi connectivity index (χ1) is 23.5. The summed E-state index contributed by atoms with van der Waals surface area (Å²) in [7, 11) is -3.98. The standard InChI is InChI=1S/C45H80O4Si2/c1-15-16-17-18-26-45(27-28-45)41(47)31-39(46)33(3)37-23-24-38-34(20-19-25-44(37,38)10)21-22-35-29-36(48-50(11,12)42(4,5)6)30-40(32(35)2)49-51(13,14)43(7,8)9/h21-22,33,36-40,46H,2,15-20,23-31H2,1,3-14H3/b34-21+,35-22-/t33-,36+,37+,38-,39?,40-,44+/m0/s1. The molecule has 0 aliphatic heterocycles. The minimum Gasteiger partial charge on any atom is -0.413 e. The van der Waals surface area contributed by atoms with E-state index in [1.165, 1.54) is 44.1 Å². The molecule has 4 nitrogen and oxygen atoms in total. The van der Waals surface area contributed by atoms with Crippen molar-refractivity contribution in [2.45, 2.75) is 213 Å². The molecule has 0 bridgehead atoms. The van der Waals surface area contributed by atoms with Gasteiger partial charge in [-0.3, -0.25) is 4.79 Å². The Morgan fingerprint density at radius 3 is 2.18 bits per heavy atom. The predicted molar refractivity (Wildman–Crippen MR) is 222 cm³/mol. The molecule has 0 aromatic carbocycles. The van der Waals surface area contributed by atoms with Crippen LogP contribution in [0.5, 0.6) is 0 Å². The maximum atomic E-state index is 13.5. The monoisotopic (exact) mass is 741 g/mol. The highest BCUT2D eigenvalue weighted by atomic mass is 28.4. The summed E-state index contributed by atoms with van der Waals surface area (Å²) in [6, 6.07) is 0. The number of aliphatic hydroxyl groups excluding tert-OH is 1. The van der Waals surface area contributed by atoms with Crippen LogP contribution in [0.2, 0.25) is 36.3 Å². The highest BCUT2D eigenvalue weighted by Gasteiger charge is 2.53. The summed E-state index contributed by atoms with van der Waals surface area (Å²) in [5.74, 6) is 1.45. The lowest BCUT2D eigenvalue weighted by atomic mass is 9.60. The molecule has 0 spiro atoms. The minimum atomic E-state index is -2.02. The van der Waals surface area contributed by atoms with E-state index in [-0.39, 0.29) is 39.0 Å². The summed E-state index contributed by atoms with van der Waals surface area (Å²) in [5.41, 5.74) is 4.07. The number of Topliss-reactive ketones (excluding diaryl/α,β-unsaturated/α-hetero) is 1. The molecule has 4 rings (SSSR count). The van der Waals surface area contributed by atoms with Crippen molar-refractivity contribution in [1.82, 2.24) is 0 Å². The average molecular weight is 741 g/mol. The van der Waals surface area contributed by atoms with Gasteiger partial charge < -0.3 is 14.0 Å². The first-order valence-corrected chi connectivity index (χ1v) is 27.0. The highest BCUT2D eigenvalue weighted by molar-refractivity contribution is 6.74. The Hall–Kier alpha value is -0.796. The largest absolute Gasteiger partial charge is 0.413 e. The predicted octanol–water partition coefficient (Wildman–Crippen LogP) is 12.9. The molecule has 4 saturated carbocycles. The maximum absolute atomic E-state index is 13.5. The molecule has 1 unspecified atom stereocenters. The van der Waals surface area contributed by atoms with E-state index in [0.717, 1.165) is 56.9 Å². The van der Waals surface area contributed by atoms with Gasteiger partial charge in [-0.25, -0.2) is 0 Å². The smallest absolute Gasteiger partial charge is 0.192 e. The molecule has 0 radical (unpaired) electrons. The highest BCUT2D eigenvalue weighted by Crippen LogP contribution is 2.60. The summed E-state index contributed by atoms with van der Waals surface area (Å²) in [6.07, 6.45) is 20.4. The molecule has 292 valence electrons. The molecule has 0 amide bonds. The van der Waals surface area contributed by atoms with E-state index in [9.17, 15) is 9.90 Å². The fourth-order valence-corrected chi connectivity index (χ4v) is 12.1. The van der Waals surface area contributed by atoms with E-state index >= 15 is 0 Å². The number of allylic oxidation sites excluding steroid dienone is 3. The van der Waals surface area contributed by atoms with Crippen LogP contribution in [0.3, 0.4) is 0 Å². The van der Waals surface area contributed by atoms with Crippen LogP contribution >= 0.6 is 0 Å². The number of unbranched alkanes of at least 4 members (excludes halogenated alkanes) is 3. The van der Waals surface area contributed by atoms with Gasteiger partial charge >= 0.3 is 0 Å². The Morgan fingerprint density at radius 2 is 1.59 bits per heavy atom. The van der Waals surface area contributed by atoms with E-state index < -0.39 is 22.7 Å². The second-order valence-corrected chi connectivity index (χ2v) is 30.5. The first-order valence-electron chi connectivity index (χ1n) is 21.1. The number of carbonyl (C=O) groups excluding carboxylic acids is 1. The van der Waals surface area contributed by atoms with Crippen molar-refractivity contribution in [3.8, 4) is 0 Å². The molecule has 0 heterocycles. The van der Waals surface area contributed by atoms with Gasteiger partial charge in [-0.2, -0.15) is 0 Å². The van der Waals surface area contributed by atoms with Crippen molar-refractivity contribution in [3.63, 3.8) is 0 Å². The molecular weight excluding hydrogens is 661 g/mol. The zero-order valence-electron chi connectivity index (χ0n) is 35.6. The minimum absolute atomic E-state index is 0.0114. The van der Waals surface area contributed by atoms with Gasteiger partial charge in [0.05, 0.1) is 18.3 Å². The van der Waals surface area contributed by atoms with Crippen molar-refractivity contribution in [1.29, 1.82) is 0 Å². The van der Waals surface area contributed by atoms with Crippen LogP contribution in [0.25, 0.3) is 0 Å². The quantitative estimate of drug-likeness (QED) is 0.134. The molecule has 0 aromatic rings. The Bertz CT molecular complexity index is 1290. The Kier molecular flexibility index (Phi) is 13.6. The number of hydrogen-bond donors (Lipinski definition) is 1. The Morgan fingerprint density at radius 1 is 0.961 bits per heavy atom. The summed E-state index contributed by atoms with van der Waals surface area (Å²) < 4.78 is 14.2. The number of aliphatic hydroxyl groups is 1. The lowest BCUT2D eigenvalue weighted by Gasteiger charge is -2.46. The second-order valence-electron chi connectivity index (χ2n) is 21.0. The van der Waals surface area contributed by atoms with Crippen LogP contribution in [0.4, 0.5) is 0 Å². The number of rotatable bonds is 15. The molecule has 4 aliphatic carbocycles. The molecule has 4 fully saturated rings. The Labute approximate surface area is 317 Å². The summed E-state index contributed by atoms with van der Waals surface area (Å²) >= 11 is 0. The molecule has 0 saturated heterocycles. The zero-order valence-corrected chi connectivity index (χ0v) is 37.6. The summed E-state index contributed by atoms with van der Waals surface area (Å²) in [5, 5.41) is 11.8. The van der Waals surface area contributed by atoms with Gasteiger partial charge in [-0.15, -0.1) is 0 Å². The van der Waals surface area contributed by atoms with Gasteiger partial charge in [-0.1, -0.05) is 112 Å². The summed E-state index contributed by atoms with van der Waals surface area (Å²) in [6.45, 7) is 35.1. The van der Waals surface area contributed by atoms with Gasteiger partial charge in [0.1, 0.15) is 5.78 Å². The molecule has 7 atom stereocenters. The summed E-state index contributed by atoms with van der Waals surface area (Å²) in [4.78, 5) is 13.5. The molecular formula is C45H80O4Si2. The first kappa shape index (κ1) is 42.9. The van der Waals surface area contributed by atoms with Crippen LogP contribution in [0.15, 0.2) is 35.5 Å². The van der Waals surface area contributed by atoms with Gasteiger partial charge in [0.15, 0.2) is 16.6 Å². The molecule has 6 heteroatoms. The zero-order chi connectivity index (χ0) is 38.2. The fourth-order valence-electron chi connectivity index (χ4n) is 9.48. The van der Waals surface area contributed by atoms with Gasteiger partial charge in [0, 0.05) is 18.3 Å². The van der Waals surface area contributed by atoms with Crippen LogP contribution in [-0.2, 0) is 13.6 Å². The maximum Gasteiger partial charge on any atom is 0.192 e. The third kappa shape index (κ3) is 9.72. The van der Waals surface area contributed by atoms with Crippen molar-refractivity contribution in [2.75, 3.05) is 0 Å². The Balaban J connectivity index is 1.51. The topological polar surface area (TPSA) is 55.8 Å². The van der Waals surface area contributed by atoms with E-state index in [2.05, 4.69) is 101 Å². The van der Waals surface area contributed by atoms with Crippen molar-refractivity contribution >= 4 is 22.4 Å². The van der Waals surface area contributed by atoms with E-state index in [0.29, 0.717) is 24.0 Å². The second kappa shape index (κ2) is 16.1. The SMILES string of the molecule is C=C1/C(=C\C=C2/CCC[C@]3(C)[C@@H]([C@H](C)C(O)CC(=O)C4(CCCCCC)CC4)CC[C@@H]23)C[C@@H](O[Si](C)(C)C(C)(C)C)C[C@@H]1O[Si](C)(C)C(C)(C)C. The van der Waals surface area contributed by atoms with Crippen molar-refractivity contribution in [3.05, 3.63) is 35.5 Å². The van der Waals surface area contributed by atoms with Gasteiger partial charge in [0.25, 0.3) is 0 Å². The van der Waals surface area contributed by atoms with Crippen LogP contribution < -0.4 is 0 Å². The number of hydrogen-bond acceptors (Lipinski definition) is 4. The average Bonchev–Trinajstić information content (AvgIpc) is 3.72. The fraction of sp³-hybridized carbons (Fsp3) is 0.844.